The van der Waals surface area contributed by atoms with Crippen molar-refractivity contribution >= 4 is 0 Å². The molecule has 0 amide bonds. The van der Waals surface area contributed by atoms with E-state index in [1.165, 1.54) is 16.7 Å². The summed E-state index contributed by atoms with van der Waals surface area (Å²) in [6.45, 7) is 4.15. The lowest BCUT2D eigenvalue weighted by atomic mass is 10.1. The highest BCUT2D eigenvalue weighted by molar-refractivity contribution is 5.33. The van der Waals surface area contributed by atoms with Crippen LogP contribution < -0.4 is 5.73 Å². The molecule has 0 radical (unpaired) electrons. The van der Waals surface area contributed by atoms with Crippen LogP contribution in [-0.4, -0.2) is 25.0 Å². The molecule has 2 N–H and O–H groups in total. The van der Waals surface area contributed by atoms with Gasteiger partial charge in [0.1, 0.15) is 0 Å². The zero-order valence-electron chi connectivity index (χ0n) is 9.20. The maximum absolute atomic E-state index is 5.51. The molecule has 0 saturated carbocycles. The maximum atomic E-state index is 5.51. The smallest absolute Gasteiger partial charge is 0.0725 e. The summed E-state index contributed by atoms with van der Waals surface area (Å²) in [6, 6.07) is 6.60. The molecule has 82 valence electrons. The van der Waals surface area contributed by atoms with Crippen LogP contribution in [0.1, 0.15) is 16.7 Å². The number of hydrogen-bond acceptors (Lipinski definition) is 3. The highest BCUT2D eigenvalue weighted by Gasteiger charge is 2.11. The van der Waals surface area contributed by atoms with Gasteiger partial charge < -0.3 is 15.4 Å². The lowest BCUT2D eigenvalue weighted by molar-refractivity contribution is 0.134. The minimum absolute atomic E-state index is 0.713. The average Bonchev–Trinajstić information content (AvgIpc) is 2.65. The predicted octanol–water partition coefficient (Wildman–Crippen LogP) is 1.11. The van der Waals surface area contributed by atoms with Crippen molar-refractivity contribution in [2.24, 2.45) is 5.73 Å². The molecule has 3 nitrogen and oxygen atoms in total. The van der Waals surface area contributed by atoms with Crippen molar-refractivity contribution in [1.82, 2.24) is 4.90 Å². The summed E-state index contributed by atoms with van der Waals surface area (Å²) in [5, 5.41) is 0. The average molecular weight is 206 g/mol. The second-order valence-corrected chi connectivity index (χ2v) is 4.12. The van der Waals surface area contributed by atoms with E-state index in [-0.39, 0.29) is 0 Å². The molecule has 0 saturated heterocycles. The Morgan fingerprint density at radius 2 is 2.13 bits per heavy atom. The molecule has 0 aromatic heterocycles. The summed E-state index contributed by atoms with van der Waals surface area (Å²) in [4.78, 5) is 2.23. The van der Waals surface area contributed by atoms with Gasteiger partial charge in [-0.25, -0.2) is 0 Å². The molecular weight excluding hydrogens is 188 g/mol. The Kier molecular flexibility index (Phi) is 3.36. The second kappa shape index (κ2) is 4.75. The summed E-state index contributed by atoms with van der Waals surface area (Å²) >= 11 is 0. The quantitative estimate of drug-likeness (QED) is 0.802. The van der Waals surface area contributed by atoms with Crippen LogP contribution >= 0.6 is 0 Å². The number of hydrogen-bond donors (Lipinski definition) is 1. The molecule has 0 aliphatic carbocycles. The van der Waals surface area contributed by atoms with E-state index in [2.05, 4.69) is 30.1 Å². The summed E-state index contributed by atoms with van der Waals surface area (Å²) in [5.41, 5.74) is 9.53. The van der Waals surface area contributed by atoms with E-state index >= 15 is 0 Å². The van der Waals surface area contributed by atoms with E-state index in [0.717, 1.165) is 26.3 Å². The Morgan fingerprint density at radius 1 is 1.33 bits per heavy atom. The fraction of sp³-hybridized carbons (Fsp3) is 0.500. The lowest BCUT2D eigenvalue weighted by Gasteiger charge is -2.15. The van der Waals surface area contributed by atoms with Crippen molar-refractivity contribution < 1.29 is 4.74 Å². The van der Waals surface area contributed by atoms with Gasteiger partial charge in [0, 0.05) is 19.6 Å². The minimum Gasteiger partial charge on any atom is -0.372 e. The van der Waals surface area contributed by atoms with Gasteiger partial charge in [-0.2, -0.15) is 0 Å². The lowest BCUT2D eigenvalue weighted by Crippen LogP contribution is -2.24. The third-order valence-electron chi connectivity index (χ3n) is 2.75. The first-order valence-corrected chi connectivity index (χ1v) is 5.36. The first kappa shape index (κ1) is 10.6. The first-order chi connectivity index (χ1) is 7.29. The van der Waals surface area contributed by atoms with E-state index in [1.54, 1.807) is 0 Å². The van der Waals surface area contributed by atoms with Crippen LogP contribution in [0.5, 0.6) is 0 Å². The van der Waals surface area contributed by atoms with E-state index in [1.807, 2.05) is 0 Å². The predicted molar refractivity (Wildman–Crippen MR) is 60.3 cm³/mol. The normalized spacial score (nSPS) is 14.6. The maximum Gasteiger partial charge on any atom is 0.0725 e. The number of benzene rings is 1. The molecule has 1 aromatic rings. The summed E-state index contributed by atoms with van der Waals surface area (Å²) in [5.74, 6) is 0. The van der Waals surface area contributed by atoms with Crippen molar-refractivity contribution in [1.29, 1.82) is 0 Å². The van der Waals surface area contributed by atoms with E-state index in [4.69, 9.17) is 10.5 Å². The second-order valence-electron chi connectivity index (χ2n) is 4.12. The number of nitrogens with zero attached hydrogens (tertiary/aromatic N) is 1. The van der Waals surface area contributed by atoms with Crippen molar-refractivity contribution in [3.8, 4) is 0 Å². The number of likely N-dealkylation sites (N-methyl/N-ethyl adjacent to an activating group) is 1. The Balaban J connectivity index is 2.03. The highest BCUT2D eigenvalue weighted by atomic mass is 16.5. The molecule has 0 atom stereocenters. The van der Waals surface area contributed by atoms with Gasteiger partial charge in [-0.15, -0.1) is 0 Å². The highest BCUT2D eigenvalue weighted by Crippen LogP contribution is 2.21. The largest absolute Gasteiger partial charge is 0.372 e. The monoisotopic (exact) mass is 206 g/mol. The van der Waals surface area contributed by atoms with Gasteiger partial charge in [0.05, 0.1) is 13.2 Å². The Morgan fingerprint density at radius 3 is 2.93 bits per heavy atom. The van der Waals surface area contributed by atoms with E-state index in [0.29, 0.717) is 6.54 Å². The van der Waals surface area contributed by atoms with Crippen LogP contribution in [-0.2, 0) is 24.5 Å². The summed E-state index contributed by atoms with van der Waals surface area (Å²) in [7, 11) is 2.09. The Hall–Kier alpha value is -0.900. The van der Waals surface area contributed by atoms with Gasteiger partial charge >= 0.3 is 0 Å². The molecule has 1 aromatic carbocycles. The van der Waals surface area contributed by atoms with Crippen molar-refractivity contribution in [2.75, 3.05) is 20.1 Å². The standard InChI is InChI=1S/C12H18N2O/c1-14(5-4-13)7-10-2-3-11-8-15-9-12(11)6-10/h2-3,6H,4-5,7-9,13H2,1H3. The topological polar surface area (TPSA) is 38.5 Å². The summed E-state index contributed by atoms with van der Waals surface area (Å²) in [6.07, 6.45) is 0. The van der Waals surface area contributed by atoms with Gasteiger partial charge in [-0.05, 0) is 23.7 Å². The van der Waals surface area contributed by atoms with Gasteiger partial charge in [-0.1, -0.05) is 18.2 Å². The van der Waals surface area contributed by atoms with Crippen molar-refractivity contribution in [3.63, 3.8) is 0 Å². The zero-order valence-corrected chi connectivity index (χ0v) is 9.20. The molecule has 2 rings (SSSR count). The third-order valence-corrected chi connectivity index (χ3v) is 2.75. The van der Waals surface area contributed by atoms with E-state index in [9.17, 15) is 0 Å². The number of nitrogens with two attached hydrogens (primary N) is 1. The van der Waals surface area contributed by atoms with Crippen molar-refractivity contribution in [3.05, 3.63) is 34.9 Å². The fourth-order valence-corrected chi connectivity index (χ4v) is 1.93. The van der Waals surface area contributed by atoms with Crippen LogP contribution in [0.25, 0.3) is 0 Å². The van der Waals surface area contributed by atoms with Crippen molar-refractivity contribution in [2.45, 2.75) is 19.8 Å². The Labute approximate surface area is 90.8 Å². The van der Waals surface area contributed by atoms with Crippen LogP contribution in [0, 0.1) is 0 Å². The van der Waals surface area contributed by atoms with Gasteiger partial charge in [0.25, 0.3) is 0 Å². The number of rotatable bonds is 4. The molecule has 0 bridgehead atoms. The summed E-state index contributed by atoms with van der Waals surface area (Å²) < 4.78 is 5.39. The van der Waals surface area contributed by atoms with E-state index < -0.39 is 0 Å². The van der Waals surface area contributed by atoms with Crippen LogP contribution in [0.15, 0.2) is 18.2 Å². The SMILES string of the molecule is CN(CCN)Cc1ccc2c(c1)COC2. The number of ether oxygens (including phenoxy) is 1. The fourth-order valence-electron chi connectivity index (χ4n) is 1.93. The van der Waals surface area contributed by atoms with Crippen LogP contribution in [0.3, 0.4) is 0 Å². The molecule has 3 heteroatoms. The molecule has 15 heavy (non-hydrogen) atoms. The molecular formula is C12H18N2O. The molecule has 0 unspecified atom stereocenters. The first-order valence-electron chi connectivity index (χ1n) is 5.36. The zero-order chi connectivity index (χ0) is 10.7. The van der Waals surface area contributed by atoms with Gasteiger partial charge in [-0.3, -0.25) is 0 Å². The Bertz CT molecular complexity index is 338. The molecule has 1 heterocycles. The molecule has 0 spiro atoms. The van der Waals surface area contributed by atoms with Gasteiger partial charge in [0.2, 0.25) is 0 Å². The van der Waals surface area contributed by atoms with Gasteiger partial charge in [0.15, 0.2) is 0 Å². The third kappa shape index (κ3) is 2.56. The molecule has 0 fully saturated rings. The molecule has 1 aliphatic heterocycles. The van der Waals surface area contributed by atoms with Crippen LogP contribution in [0.4, 0.5) is 0 Å². The van der Waals surface area contributed by atoms with Crippen LogP contribution in [0.2, 0.25) is 0 Å². The number of fused-ring (bicyclic) bond motifs is 1. The molecule has 1 aliphatic rings. The minimum atomic E-state index is 0.713.